The predicted octanol–water partition coefficient (Wildman–Crippen LogP) is 3.54. The number of urea groups is 1. The number of hydrogen-bond donors (Lipinski definition) is 2. The van der Waals surface area contributed by atoms with E-state index in [2.05, 4.69) is 29.5 Å². The van der Waals surface area contributed by atoms with E-state index in [0.29, 0.717) is 52.9 Å². The first-order chi connectivity index (χ1) is 12.9. The van der Waals surface area contributed by atoms with E-state index < -0.39 is 0 Å². The second kappa shape index (κ2) is 8.58. The van der Waals surface area contributed by atoms with Crippen LogP contribution >= 0.6 is 22.9 Å². The predicted molar refractivity (Wildman–Crippen MR) is 107 cm³/mol. The number of carbonyl (C=O) groups excluding carboxylic acids is 2. The van der Waals surface area contributed by atoms with Crippen molar-refractivity contribution in [2.24, 2.45) is 5.92 Å². The number of nitrogens with zero attached hydrogens (tertiary/aromatic N) is 2. The maximum absolute atomic E-state index is 12.3. The van der Waals surface area contributed by atoms with Crippen molar-refractivity contribution < 1.29 is 14.3 Å². The van der Waals surface area contributed by atoms with Gasteiger partial charge in [-0.15, -0.1) is 11.3 Å². The number of halogens is 1. The third kappa shape index (κ3) is 5.11. The fraction of sp³-hybridized carbons (Fsp3) is 0.389. The van der Waals surface area contributed by atoms with Crippen LogP contribution < -0.4 is 20.3 Å². The van der Waals surface area contributed by atoms with E-state index in [1.807, 2.05) is 0 Å². The minimum atomic E-state index is -0.204. The van der Waals surface area contributed by atoms with Crippen molar-refractivity contribution in [2.75, 3.05) is 29.9 Å². The minimum Gasteiger partial charge on any atom is -0.492 e. The van der Waals surface area contributed by atoms with Crippen LogP contribution in [0.5, 0.6) is 5.75 Å². The lowest BCUT2D eigenvalue weighted by Gasteiger charge is -2.11. The summed E-state index contributed by atoms with van der Waals surface area (Å²) in [7, 11) is 0. The maximum atomic E-state index is 12.3. The van der Waals surface area contributed by atoms with Gasteiger partial charge in [0.15, 0.2) is 5.13 Å². The number of thiazole rings is 1. The Labute approximate surface area is 166 Å². The highest BCUT2D eigenvalue weighted by Gasteiger charge is 2.24. The van der Waals surface area contributed by atoms with Gasteiger partial charge in [-0.05, 0) is 24.1 Å². The number of nitrogens with one attached hydrogen (secondary N) is 2. The van der Waals surface area contributed by atoms with Crippen LogP contribution in [0, 0.1) is 5.92 Å². The van der Waals surface area contributed by atoms with Gasteiger partial charge in [-0.25, -0.2) is 9.78 Å². The number of rotatable bonds is 7. The van der Waals surface area contributed by atoms with Gasteiger partial charge in [-0.2, -0.15) is 0 Å². The zero-order valence-electron chi connectivity index (χ0n) is 15.1. The van der Waals surface area contributed by atoms with Gasteiger partial charge in [0.1, 0.15) is 5.75 Å². The standard InChI is InChI=1S/C18H21ClN4O3S/c1-11(2)9-26-15-4-3-12(7-14(15)19)21-16(24)8-13-10-27-18(22-13)23-6-5-20-17(23)25/h3-4,7,10-11H,5-6,8-9H2,1-2H3,(H,20,25)(H,21,24). The lowest BCUT2D eigenvalue weighted by molar-refractivity contribution is -0.115. The van der Waals surface area contributed by atoms with Crippen molar-refractivity contribution in [1.82, 2.24) is 10.3 Å². The summed E-state index contributed by atoms with van der Waals surface area (Å²) in [6.45, 7) is 5.88. The van der Waals surface area contributed by atoms with Gasteiger partial charge in [0.2, 0.25) is 5.91 Å². The van der Waals surface area contributed by atoms with Crippen molar-refractivity contribution >= 4 is 45.7 Å². The quantitative estimate of drug-likeness (QED) is 0.733. The summed E-state index contributed by atoms with van der Waals surface area (Å²) in [5, 5.41) is 8.37. The van der Waals surface area contributed by atoms with Crippen molar-refractivity contribution in [2.45, 2.75) is 20.3 Å². The summed E-state index contributed by atoms with van der Waals surface area (Å²) < 4.78 is 5.62. The number of anilines is 2. The average molecular weight is 409 g/mol. The molecule has 0 aliphatic carbocycles. The lowest BCUT2D eigenvalue weighted by atomic mass is 10.2. The average Bonchev–Trinajstić information content (AvgIpc) is 3.22. The Kier molecular flexibility index (Phi) is 6.18. The third-order valence-corrected chi connectivity index (χ3v) is 4.96. The summed E-state index contributed by atoms with van der Waals surface area (Å²) in [6.07, 6.45) is 0.120. The number of carbonyl (C=O) groups is 2. The molecule has 3 rings (SSSR count). The SMILES string of the molecule is CC(C)COc1ccc(NC(=O)Cc2csc(N3CCNC3=O)n2)cc1Cl. The first kappa shape index (κ1) is 19.4. The first-order valence-electron chi connectivity index (χ1n) is 8.64. The van der Waals surface area contributed by atoms with E-state index in [4.69, 9.17) is 16.3 Å². The molecule has 1 aliphatic rings. The molecule has 9 heteroatoms. The molecule has 0 radical (unpaired) electrons. The lowest BCUT2D eigenvalue weighted by Crippen LogP contribution is -2.27. The Morgan fingerprint density at radius 2 is 2.30 bits per heavy atom. The number of ether oxygens (including phenoxy) is 1. The van der Waals surface area contributed by atoms with E-state index in [1.54, 1.807) is 28.5 Å². The van der Waals surface area contributed by atoms with Crippen molar-refractivity contribution in [3.8, 4) is 5.75 Å². The second-order valence-corrected chi connectivity index (χ2v) is 7.82. The van der Waals surface area contributed by atoms with Crippen LogP contribution in [-0.4, -0.2) is 36.6 Å². The fourth-order valence-electron chi connectivity index (χ4n) is 2.48. The molecule has 144 valence electrons. The molecule has 1 saturated heterocycles. The highest BCUT2D eigenvalue weighted by Crippen LogP contribution is 2.28. The van der Waals surface area contributed by atoms with Crippen molar-refractivity contribution in [3.05, 3.63) is 34.3 Å². The smallest absolute Gasteiger partial charge is 0.323 e. The molecule has 1 aliphatic heterocycles. The minimum absolute atomic E-state index is 0.120. The van der Waals surface area contributed by atoms with Crippen LogP contribution in [0.2, 0.25) is 5.02 Å². The zero-order valence-corrected chi connectivity index (χ0v) is 16.7. The van der Waals surface area contributed by atoms with Gasteiger partial charge < -0.3 is 15.4 Å². The Morgan fingerprint density at radius 1 is 1.48 bits per heavy atom. The van der Waals surface area contributed by atoms with E-state index in [1.165, 1.54) is 11.3 Å². The Bertz CT molecular complexity index is 840. The van der Waals surface area contributed by atoms with Crippen LogP contribution in [0.1, 0.15) is 19.5 Å². The molecule has 27 heavy (non-hydrogen) atoms. The topological polar surface area (TPSA) is 83.6 Å². The molecule has 3 amide bonds. The fourth-order valence-corrected chi connectivity index (χ4v) is 3.56. The Morgan fingerprint density at radius 3 is 2.96 bits per heavy atom. The Balaban J connectivity index is 1.57. The summed E-state index contributed by atoms with van der Waals surface area (Å²) in [5.41, 5.74) is 1.21. The number of aromatic nitrogens is 1. The first-order valence-corrected chi connectivity index (χ1v) is 9.90. The summed E-state index contributed by atoms with van der Waals surface area (Å²) >= 11 is 7.56. The molecule has 1 aromatic heterocycles. The molecule has 0 saturated carbocycles. The van der Waals surface area contributed by atoms with Gasteiger partial charge in [-0.1, -0.05) is 25.4 Å². The van der Waals surface area contributed by atoms with E-state index in [9.17, 15) is 9.59 Å². The van der Waals surface area contributed by atoms with Gasteiger partial charge in [0.05, 0.1) is 23.7 Å². The molecular formula is C18H21ClN4O3S. The molecule has 1 fully saturated rings. The molecule has 2 N–H and O–H groups in total. The van der Waals surface area contributed by atoms with Crippen LogP contribution in [0.15, 0.2) is 23.6 Å². The third-order valence-electron chi connectivity index (χ3n) is 3.76. The van der Waals surface area contributed by atoms with Crippen LogP contribution in [0.25, 0.3) is 0 Å². The van der Waals surface area contributed by atoms with Crippen molar-refractivity contribution in [3.63, 3.8) is 0 Å². The van der Waals surface area contributed by atoms with E-state index >= 15 is 0 Å². The summed E-state index contributed by atoms with van der Waals surface area (Å²) in [5.74, 6) is 0.788. The molecule has 2 heterocycles. The highest BCUT2D eigenvalue weighted by molar-refractivity contribution is 7.14. The molecule has 0 spiro atoms. The monoisotopic (exact) mass is 408 g/mol. The van der Waals surface area contributed by atoms with Crippen LogP contribution in [-0.2, 0) is 11.2 Å². The molecule has 2 aromatic rings. The van der Waals surface area contributed by atoms with Gasteiger partial charge >= 0.3 is 6.03 Å². The molecule has 0 bridgehead atoms. The summed E-state index contributed by atoms with van der Waals surface area (Å²) in [4.78, 5) is 29.9. The van der Waals surface area contributed by atoms with Gasteiger partial charge in [0.25, 0.3) is 0 Å². The van der Waals surface area contributed by atoms with E-state index in [0.717, 1.165) is 0 Å². The molecule has 0 unspecified atom stereocenters. The van der Waals surface area contributed by atoms with Crippen LogP contribution in [0.3, 0.4) is 0 Å². The summed E-state index contributed by atoms with van der Waals surface area (Å²) in [6, 6.07) is 5.00. The number of benzene rings is 1. The van der Waals surface area contributed by atoms with E-state index in [-0.39, 0.29) is 18.4 Å². The second-order valence-electron chi connectivity index (χ2n) is 6.58. The number of hydrogen-bond acceptors (Lipinski definition) is 5. The molecule has 0 atom stereocenters. The largest absolute Gasteiger partial charge is 0.492 e. The highest BCUT2D eigenvalue weighted by atomic mass is 35.5. The maximum Gasteiger partial charge on any atom is 0.323 e. The normalized spacial score (nSPS) is 13.8. The molecular weight excluding hydrogens is 388 g/mol. The van der Waals surface area contributed by atoms with Crippen molar-refractivity contribution in [1.29, 1.82) is 0 Å². The van der Waals surface area contributed by atoms with Crippen LogP contribution in [0.4, 0.5) is 15.6 Å². The number of amides is 3. The van der Waals surface area contributed by atoms with Gasteiger partial charge in [-0.3, -0.25) is 9.69 Å². The molecule has 1 aromatic carbocycles. The van der Waals surface area contributed by atoms with Gasteiger partial charge in [0, 0.05) is 24.2 Å². The zero-order chi connectivity index (χ0) is 19.4. The Hall–Kier alpha value is -2.32. The molecule has 7 nitrogen and oxygen atoms in total.